The first-order valence-corrected chi connectivity index (χ1v) is 7.68. The van der Waals surface area contributed by atoms with E-state index >= 15 is 0 Å². The van der Waals surface area contributed by atoms with Crippen LogP contribution >= 0.6 is 11.8 Å². The molecule has 2 heterocycles. The molecule has 20 heavy (non-hydrogen) atoms. The van der Waals surface area contributed by atoms with Crippen molar-refractivity contribution in [1.82, 2.24) is 9.78 Å². The first-order chi connectivity index (χ1) is 9.76. The molecule has 2 aromatic rings. The highest BCUT2D eigenvalue weighted by Crippen LogP contribution is 2.36. The number of aromatic nitrogens is 2. The Labute approximate surface area is 122 Å². The predicted molar refractivity (Wildman–Crippen MR) is 79.7 cm³/mol. The molecule has 0 spiro atoms. The summed E-state index contributed by atoms with van der Waals surface area (Å²) >= 11 is 1.71. The molecule has 1 aliphatic rings. The van der Waals surface area contributed by atoms with Crippen molar-refractivity contribution in [2.45, 2.75) is 11.4 Å². The zero-order valence-corrected chi connectivity index (χ0v) is 12.4. The van der Waals surface area contributed by atoms with Gasteiger partial charge in [-0.05, 0) is 24.0 Å². The number of rotatable bonds is 4. The summed E-state index contributed by atoms with van der Waals surface area (Å²) in [6.45, 7) is 1.97. The summed E-state index contributed by atoms with van der Waals surface area (Å²) in [4.78, 5) is 1.20. The van der Waals surface area contributed by atoms with Gasteiger partial charge < -0.3 is 14.8 Å². The number of fused-ring (bicyclic) bond motifs is 1. The molecule has 5 nitrogen and oxygen atoms in total. The van der Waals surface area contributed by atoms with Gasteiger partial charge in [-0.3, -0.25) is 4.68 Å². The lowest BCUT2D eigenvalue weighted by molar-refractivity contribution is 0.171. The predicted octanol–water partition coefficient (Wildman–Crippen LogP) is 2.53. The number of aryl methyl sites for hydroxylation is 1. The Morgan fingerprint density at radius 2 is 2.05 bits per heavy atom. The van der Waals surface area contributed by atoms with Crippen LogP contribution in [0.4, 0.5) is 5.69 Å². The van der Waals surface area contributed by atoms with Crippen LogP contribution in [0.3, 0.4) is 0 Å². The van der Waals surface area contributed by atoms with Gasteiger partial charge in [0, 0.05) is 24.7 Å². The van der Waals surface area contributed by atoms with Gasteiger partial charge in [0.1, 0.15) is 13.2 Å². The van der Waals surface area contributed by atoms with Gasteiger partial charge in [-0.2, -0.15) is 5.10 Å². The van der Waals surface area contributed by atoms with Crippen molar-refractivity contribution in [3.63, 3.8) is 0 Å². The van der Waals surface area contributed by atoms with Crippen LogP contribution in [0.15, 0.2) is 29.4 Å². The number of benzene rings is 1. The Hall–Kier alpha value is -1.82. The number of hydrogen-bond acceptors (Lipinski definition) is 5. The SMILES string of the molecule is CSc1cc2c(cc1CNc1cnn(C)c1)OCCO2. The smallest absolute Gasteiger partial charge is 0.162 e. The normalized spacial score (nSPS) is 13.3. The van der Waals surface area contributed by atoms with E-state index in [0.717, 1.165) is 23.7 Å². The number of nitrogens with zero attached hydrogens (tertiary/aromatic N) is 2. The first-order valence-electron chi connectivity index (χ1n) is 6.45. The fraction of sp³-hybridized carbons (Fsp3) is 0.357. The minimum atomic E-state index is 0.612. The standard InChI is InChI=1S/C14H17N3O2S/c1-17-9-11(8-16-17)15-7-10-5-12-13(6-14(10)20-2)19-4-3-18-12/h5-6,8-9,15H,3-4,7H2,1-2H3. The Morgan fingerprint density at radius 1 is 1.30 bits per heavy atom. The first kappa shape index (κ1) is 13.2. The molecule has 0 amide bonds. The van der Waals surface area contributed by atoms with Crippen LogP contribution in [0.5, 0.6) is 11.5 Å². The van der Waals surface area contributed by atoms with Crippen LogP contribution in [-0.4, -0.2) is 29.3 Å². The van der Waals surface area contributed by atoms with E-state index in [1.807, 2.05) is 19.4 Å². The molecule has 0 atom stereocenters. The Bertz CT molecular complexity index is 612. The number of anilines is 1. The van der Waals surface area contributed by atoms with Gasteiger partial charge in [-0.25, -0.2) is 0 Å². The van der Waals surface area contributed by atoms with Gasteiger partial charge in [-0.15, -0.1) is 11.8 Å². The second kappa shape index (κ2) is 5.66. The molecule has 1 N–H and O–H groups in total. The molecule has 6 heteroatoms. The largest absolute Gasteiger partial charge is 0.486 e. The highest BCUT2D eigenvalue weighted by molar-refractivity contribution is 7.98. The maximum absolute atomic E-state index is 5.64. The minimum Gasteiger partial charge on any atom is -0.486 e. The van der Waals surface area contributed by atoms with Crippen LogP contribution in [0.25, 0.3) is 0 Å². The molecule has 1 aromatic heterocycles. The molecule has 0 bridgehead atoms. The van der Waals surface area contributed by atoms with E-state index in [4.69, 9.17) is 9.47 Å². The molecule has 0 saturated heterocycles. The zero-order chi connectivity index (χ0) is 13.9. The summed E-state index contributed by atoms with van der Waals surface area (Å²) in [7, 11) is 1.91. The number of thioether (sulfide) groups is 1. The van der Waals surface area contributed by atoms with Crippen molar-refractivity contribution in [3.05, 3.63) is 30.1 Å². The van der Waals surface area contributed by atoms with Gasteiger partial charge in [0.25, 0.3) is 0 Å². The maximum atomic E-state index is 5.64. The van der Waals surface area contributed by atoms with E-state index in [1.54, 1.807) is 16.4 Å². The van der Waals surface area contributed by atoms with Crippen molar-refractivity contribution >= 4 is 17.4 Å². The minimum absolute atomic E-state index is 0.612. The molecule has 106 valence electrons. The third-order valence-corrected chi connectivity index (χ3v) is 3.95. The number of nitrogens with one attached hydrogen (secondary N) is 1. The second-order valence-electron chi connectivity index (χ2n) is 4.56. The average Bonchev–Trinajstić information content (AvgIpc) is 2.89. The Kier molecular flexibility index (Phi) is 3.73. The highest BCUT2D eigenvalue weighted by atomic mass is 32.2. The molecule has 0 fully saturated rings. The monoisotopic (exact) mass is 291 g/mol. The fourth-order valence-electron chi connectivity index (χ4n) is 2.15. The third-order valence-electron chi connectivity index (χ3n) is 3.13. The molecule has 0 saturated carbocycles. The van der Waals surface area contributed by atoms with E-state index in [9.17, 15) is 0 Å². The van der Waals surface area contributed by atoms with Crippen molar-refractivity contribution in [2.24, 2.45) is 7.05 Å². The van der Waals surface area contributed by atoms with E-state index in [2.05, 4.69) is 28.8 Å². The molecule has 0 aliphatic carbocycles. The summed E-state index contributed by atoms with van der Waals surface area (Å²) in [5, 5.41) is 7.52. The lowest BCUT2D eigenvalue weighted by atomic mass is 10.2. The molecule has 0 unspecified atom stereocenters. The van der Waals surface area contributed by atoms with E-state index < -0.39 is 0 Å². The van der Waals surface area contributed by atoms with Crippen LogP contribution in [0.2, 0.25) is 0 Å². The van der Waals surface area contributed by atoms with Crippen molar-refractivity contribution < 1.29 is 9.47 Å². The Balaban J connectivity index is 1.80. The van der Waals surface area contributed by atoms with Gasteiger partial charge in [0.15, 0.2) is 11.5 Å². The third kappa shape index (κ3) is 2.70. The van der Waals surface area contributed by atoms with Gasteiger partial charge in [-0.1, -0.05) is 0 Å². The molecule has 3 rings (SSSR count). The topological polar surface area (TPSA) is 48.3 Å². The summed E-state index contributed by atoms with van der Waals surface area (Å²) in [6, 6.07) is 4.11. The average molecular weight is 291 g/mol. The van der Waals surface area contributed by atoms with E-state index in [1.165, 1.54) is 10.5 Å². The highest BCUT2D eigenvalue weighted by Gasteiger charge is 2.15. The van der Waals surface area contributed by atoms with Crippen LogP contribution in [-0.2, 0) is 13.6 Å². The van der Waals surface area contributed by atoms with Crippen LogP contribution < -0.4 is 14.8 Å². The van der Waals surface area contributed by atoms with Crippen molar-refractivity contribution in [3.8, 4) is 11.5 Å². The van der Waals surface area contributed by atoms with Gasteiger partial charge in [0.2, 0.25) is 0 Å². The van der Waals surface area contributed by atoms with Crippen molar-refractivity contribution in [1.29, 1.82) is 0 Å². The second-order valence-corrected chi connectivity index (χ2v) is 5.41. The summed E-state index contributed by atoms with van der Waals surface area (Å²) in [5.41, 5.74) is 2.21. The lowest BCUT2D eigenvalue weighted by Gasteiger charge is -2.21. The molecule has 1 aliphatic heterocycles. The van der Waals surface area contributed by atoms with E-state index in [-0.39, 0.29) is 0 Å². The lowest BCUT2D eigenvalue weighted by Crippen LogP contribution is -2.16. The van der Waals surface area contributed by atoms with Crippen LogP contribution in [0, 0.1) is 0 Å². The molecular weight excluding hydrogens is 274 g/mol. The molecule has 0 radical (unpaired) electrons. The quantitative estimate of drug-likeness (QED) is 0.877. The fourth-order valence-corrected chi connectivity index (χ4v) is 2.77. The van der Waals surface area contributed by atoms with Gasteiger partial charge >= 0.3 is 0 Å². The Morgan fingerprint density at radius 3 is 2.70 bits per heavy atom. The summed E-state index contributed by atoms with van der Waals surface area (Å²) in [6.07, 6.45) is 5.84. The summed E-state index contributed by atoms with van der Waals surface area (Å²) < 4.78 is 13.0. The van der Waals surface area contributed by atoms with E-state index in [0.29, 0.717) is 13.2 Å². The number of hydrogen-bond donors (Lipinski definition) is 1. The van der Waals surface area contributed by atoms with Gasteiger partial charge in [0.05, 0.1) is 11.9 Å². The molecule has 1 aromatic carbocycles. The zero-order valence-electron chi connectivity index (χ0n) is 11.5. The maximum Gasteiger partial charge on any atom is 0.162 e. The van der Waals surface area contributed by atoms with Crippen LogP contribution in [0.1, 0.15) is 5.56 Å². The number of ether oxygens (including phenoxy) is 2. The molecular formula is C14H17N3O2S. The summed E-state index contributed by atoms with van der Waals surface area (Å²) in [5.74, 6) is 1.67. The van der Waals surface area contributed by atoms with Crippen molar-refractivity contribution in [2.75, 3.05) is 24.8 Å².